The predicted octanol–water partition coefficient (Wildman–Crippen LogP) is 5.02. The number of fused-ring (bicyclic) bond motifs is 1. The molecule has 3 nitrogen and oxygen atoms in total. The normalized spacial score (nSPS) is 22.8. The number of nitrogens with one attached hydrogen (secondary N) is 1. The van der Waals surface area contributed by atoms with Crippen LogP contribution in [-0.2, 0) is 10.3 Å². The number of hydrogen-bond acceptors (Lipinski definition) is 3. The molecular weight excluding hydrogens is 376 g/mol. The minimum atomic E-state index is -0.0984. The second kappa shape index (κ2) is 7.54. The SMILES string of the molecule is S=C1COC[C@@H]2C[C@]2(c2cccc(N=C(c3ccccc3)c3ccccc3)c2)N1. The molecule has 0 radical (unpaired) electrons. The van der Waals surface area contributed by atoms with Gasteiger partial charge in [-0.15, -0.1) is 0 Å². The van der Waals surface area contributed by atoms with Gasteiger partial charge >= 0.3 is 0 Å². The zero-order valence-electron chi connectivity index (χ0n) is 16.0. The summed E-state index contributed by atoms with van der Waals surface area (Å²) in [6, 6.07) is 29.2. The minimum Gasteiger partial charge on any atom is -0.374 e. The number of benzene rings is 3. The van der Waals surface area contributed by atoms with Gasteiger partial charge in [0.05, 0.1) is 30.2 Å². The molecule has 1 aliphatic carbocycles. The van der Waals surface area contributed by atoms with Gasteiger partial charge < -0.3 is 10.1 Å². The molecular formula is C25H22N2OS. The molecule has 1 aliphatic heterocycles. The van der Waals surface area contributed by atoms with Crippen molar-refractivity contribution in [3.63, 3.8) is 0 Å². The number of ether oxygens (including phenoxy) is 1. The van der Waals surface area contributed by atoms with Gasteiger partial charge in [-0.3, -0.25) is 0 Å². The van der Waals surface area contributed by atoms with E-state index in [1.165, 1.54) is 5.56 Å². The monoisotopic (exact) mass is 398 g/mol. The van der Waals surface area contributed by atoms with Crippen molar-refractivity contribution in [2.45, 2.75) is 12.0 Å². The number of rotatable bonds is 4. The van der Waals surface area contributed by atoms with E-state index in [4.69, 9.17) is 21.9 Å². The van der Waals surface area contributed by atoms with Crippen molar-refractivity contribution in [1.82, 2.24) is 5.32 Å². The molecule has 3 aromatic rings. The summed E-state index contributed by atoms with van der Waals surface area (Å²) >= 11 is 5.43. The molecule has 1 saturated carbocycles. The maximum Gasteiger partial charge on any atom is 0.102 e. The molecule has 29 heavy (non-hydrogen) atoms. The van der Waals surface area contributed by atoms with Crippen molar-refractivity contribution in [3.8, 4) is 0 Å². The van der Waals surface area contributed by atoms with Crippen LogP contribution in [0.5, 0.6) is 0 Å². The fourth-order valence-electron chi connectivity index (χ4n) is 4.16. The number of thiocarbonyl (C=S) groups is 1. The molecule has 0 aromatic heterocycles. The fourth-order valence-corrected chi connectivity index (χ4v) is 4.42. The lowest BCUT2D eigenvalue weighted by molar-refractivity contribution is 0.162. The van der Waals surface area contributed by atoms with Gasteiger partial charge in [0.1, 0.15) is 4.99 Å². The van der Waals surface area contributed by atoms with Crippen molar-refractivity contribution in [3.05, 3.63) is 102 Å². The van der Waals surface area contributed by atoms with Gasteiger partial charge in [0.2, 0.25) is 0 Å². The molecule has 0 amide bonds. The van der Waals surface area contributed by atoms with Crippen LogP contribution in [0.3, 0.4) is 0 Å². The Kier molecular flexibility index (Phi) is 4.74. The average Bonchev–Trinajstić information content (AvgIpc) is 3.48. The summed E-state index contributed by atoms with van der Waals surface area (Å²) in [7, 11) is 0. The van der Waals surface area contributed by atoms with E-state index in [2.05, 4.69) is 53.8 Å². The van der Waals surface area contributed by atoms with Gasteiger partial charge in [0, 0.05) is 17.0 Å². The van der Waals surface area contributed by atoms with Gasteiger partial charge in [-0.25, -0.2) is 4.99 Å². The fraction of sp³-hybridized carbons (Fsp3) is 0.200. The van der Waals surface area contributed by atoms with E-state index in [0.29, 0.717) is 12.5 Å². The Hall–Kier alpha value is -2.82. The van der Waals surface area contributed by atoms with Gasteiger partial charge in [-0.1, -0.05) is 85.0 Å². The first-order valence-electron chi connectivity index (χ1n) is 9.93. The van der Waals surface area contributed by atoms with Crippen LogP contribution in [0.15, 0.2) is 89.9 Å². The third-order valence-electron chi connectivity index (χ3n) is 5.72. The lowest BCUT2D eigenvalue weighted by atomic mass is 10.0. The topological polar surface area (TPSA) is 33.6 Å². The lowest BCUT2D eigenvalue weighted by Crippen LogP contribution is -2.35. The largest absolute Gasteiger partial charge is 0.374 e. The lowest BCUT2D eigenvalue weighted by Gasteiger charge is -2.19. The zero-order valence-corrected chi connectivity index (χ0v) is 16.9. The number of aliphatic imine (C=N–C) groups is 1. The van der Waals surface area contributed by atoms with Crippen LogP contribution in [0, 0.1) is 5.92 Å². The molecule has 4 heteroatoms. The zero-order chi connectivity index (χ0) is 19.7. The minimum absolute atomic E-state index is 0.0984. The Morgan fingerprint density at radius 2 is 1.62 bits per heavy atom. The Balaban J connectivity index is 1.56. The molecule has 3 aromatic carbocycles. The number of hydrogen-bond donors (Lipinski definition) is 1. The summed E-state index contributed by atoms with van der Waals surface area (Å²) in [4.78, 5) is 5.86. The molecule has 1 saturated heterocycles. The first-order valence-corrected chi connectivity index (χ1v) is 10.3. The maximum atomic E-state index is 5.69. The molecule has 2 atom stereocenters. The van der Waals surface area contributed by atoms with Crippen LogP contribution in [0.1, 0.15) is 23.1 Å². The van der Waals surface area contributed by atoms with Crippen molar-refractivity contribution in [2.24, 2.45) is 10.9 Å². The van der Waals surface area contributed by atoms with Crippen LogP contribution in [0.2, 0.25) is 0 Å². The molecule has 1 heterocycles. The molecule has 0 bridgehead atoms. The summed E-state index contributed by atoms with van der Waals surface area (Å²) in [6.45, 7) is 1.26. The van der Waals surface area contributed by atoms with Crippen LogP contribution >= 0.6 is 12.2 Å². The van der Waals surface area contributed by atoms with Crippen molar-refractivity contribution in [1.29, 1.82) is 0 Å². The van der Waals surface area contributed by atoms with E-state index in [1.807, 2.05) is 36.4 Å². The third-order valence-corrected chi connectivity index (χ3v) is 5.94. The van der Waals surface area contributed by atoms with Crippen molar-refractivity contribution in [2.75, 3.05) is 13.2 Å². The van der Waals surface area contributed by atoms with Crippen LogP contribution < -0.4 is 5.32 Å². The summed E-state index contributed by atoms with van der Waals surface area (Å²) in [6.07, 6.45) is 1.05. The van der Waals surface area contributed by atoms with E-state index in [0.717, 1.165) is 40.5 Å². The summed E-state index contributed by atoms with van der Waals surface area (Å²) < 4.78 is 5.69. The highest BCUT2D eigenvalue weighted by Crippen LogP contribution is 2.53. The van der Waals surface area contributed by atoms with Crippen molar-refractivity contribution < 1.29 is 4.74 Å². The standard InChI is InChI=1S/C25H22N2OS/c29-23-17-28-16-21-15-25(21,27-23)20-12-7-13-22(14-20)26-24(18-8-3-1-4-9-18)19-10-5-2-6-11-19/h1-14,21H,15-17H2,(H,27,29)/t21-,25+/m0/s1. The van der Waals surface area contributed by atoms with E-state index in [1.54, 1.807) is 0 Å². The first kappa shape index (κ1) is 18.2. The van der Waals surface area contributed by atoms with Crippen LogP contribution in [0.25, 0.3) is 0 Å². The Morgan fingerprint density at radius 1 is 0.931 bits per heavy atom. The van der Waals surface area contributed by atoms with Gasteiger partial charge in [-0.05, 0) is 24.1 Å². The number of nitrogens with zero attached hydrogens (tertiary/aromatic N) is 1. The van der Waals surface area contributed by atoms with E-state index < -0.39 is 0 Å². The smallest absolute Gasteiger partial charge is 0.102 e. The van der Waals surface area contributed by atoms with Crippen LogP contribution in [-0.4, -0.2) is 23.9 Å². The molecule has 2 fully saturated rings. The van der Waals surface area contributed by atoms with Crippen molar-refractivity contribution >= 4 is 28.6 Å². The third kappa shape index (κ3) is 3.61. The molecule has 0 spiro atoms. The molecule has 144 valence electrons. The summed E-state index contributed by atoms with van der Waals surface area (Å²) in [5.74, 6) is 0.463. The van der Waals surface area contributed by atoms with E-state index in [-0.39, 0.29) is 5.54 Å². The Labute approximate surface area is 176 Å². The highest BCUT2D eigenvalue weighted by Gasteiger charge is 2.57. The highest BCUT2D eigenvalue weighted by atomic mass is 32.1. The Bertz CT molecular complexity index is 1020. The summed E-state index contributed by atoms with van der Waals surface area (Å²) in [5, 5.41) is 3.55. The molecule has 0 unspecified atom stereocenters. The molecule has 2 aliphatic rings. The van der Waals surface area contributed by atoms with Gasteiger partial charge in [0.15, 0.2) is 0 Å². The Morgan fingerprint density at radius 3 is 2.31 bits per heavy atom. The maximum absolute atomic E-state index is 5.69. The van der Waals surface area contributed by atoms with E-state index in [9.17, 15) is 0 Å². The van der Waals surface area contributed by atoms with Gasteiger partial charge in [-0.2, -0.15) is 0 Å². The average molecular weight is 399 g/mol. The second-order valence-electron chi connectivity index (χ2n) is 7.68. The highest BCUT2D eigenvalue weighted by molar-refractivity contribution is 7.80. The van der Waals surface area contributed by atoms with E-state index >= 15 is 0 Å². The molecule has 1 N–H and O–H groups in total. The van der Waals surface area contributed by atoms with Crippen LogP contribution in [0.4, 0.5) is 5.69 Å². The van der Waals surface area contributed by atoms with Gasteiger partial charge in [0.25, 0.3) is 0 Å². The predicted molar refractivity (Wildman–Crippen MR) is 121 cm³/mol. The summed E-state index contributed by atoms with van der Waals surface area (Å²) in [5.41, 5.74) is 5.27. The second-order valence-corrected chi connectivity index (χ2v) is 8.17. The quantitative estimate of drug-likeness (QED) is 0.495. The first-order chi connectivity index (χ1) is 14.2. The molecule has 5 rings (SSSR count).